The van der Waals surface area contributed by atoms with Gasteiger partial charge in [0, 0.05) is 0 Å². The molecule has 114 valence electrons. The van der Waals surface area contributed by atoms with Crippen LogP contribution in [0.5, 0.6) is 0 Å². The van der Waals surface area contributed by atoms with E-state index in [9.17, 15) is 9.59 Å². The monoisotopic (exact) mass is 294 g/mol. The van der Waals surface area contributed by atoms with Crippen LogP contribution in [0.3, 0.4) is 0 Å². The quantitative estimate of drug-likeness (QED) is 0.481. The molecule has 0 N–H and O–H groups in total. The van der Waals surface area contributed by atoms with Gasteiger partial charge in [-0.25, -0.2) is 14.5 Å². The zero-order chi connectivity index (χ0) is 15.1. The first-order valence-electron chi connectivity index (χ1n) is 6.98. The van der Waals surface area contributed by atoms with E-state index in [0.29, 0.717) is 5.56 Å². The standard InChI is InChI=1S/C15H18O6/c1-11-7-9-12(10-8-11)14(16)19-21-20-15(17)18-13-5-3-2-4-6-13/h7-10,13H,2-6H2,1H3. The summed E-state index contributed by atoms with van der Waals surface area (Å²) in [5.41, 5.74) is 1.31. The Balaban J connectivity index is 1.67. The second-order valence-corrected chi connectivity index (χ2v) is 5.02. The molecular weight excluding hydrogens is 276 g/mol. The molecular formula is C15H18O6. The number of rotatable bonds is 4. The topological polar surface area (TPSA) is 71.1 Å². The van der Waals surface area contributed by atoms with Gasteiger partial charge >= 0.3 is 12.1 Å². The van der Waals surface area contributed by atoms with Crippen LogP contribution in [-0.4, -0.2) is 18.2 Å². The number of aryl methyl sites for hydroxylation is 1. The van der Waals surface area contributed by atoms with E-state index in [1.807, 2.05) is 6.92 Å². The first kappa shape index (κ1) is 15.3. The predicted molar refractivity (Wildman–Crippen MR) is 72.1 cm³/mol. The summed E-state index contributed by atoms with van der Waals surface area (Å²) in [7, 11) is 0. The molecule has 0 heterocycles. The third kappa shape index (κ3) is 5.07. The maximum absolute atomic E-state index is 11.5. The summed E-state index contributed by atoms with van der Waals surface area (Å²) in [6, 6.07) is 6.69. The van der Waals surface area contributed by atoms with Gasteiger partial charge < -0.3 is 4.74 Å². The van der Waals surface area contributed by atoms with E-state index in [4.69, 9.17) is 4.74 Å². The number of benzene rings is 1. The molecule has 0 amide bonds. The Kier molecular flexibility index (Phi) is 5.57. The lowest BCUT2D eigenvalue weighted by Gasteiger charge is -2.20. The number of hydrogen-bond acceptors (Lipinski definition) is 6. The molecule has 1 aromatic rings. The SMILES string of the molecule is Cc1ccc(C(=O)OOOC(=O)OC2CCCCC2)cc1. The fraction of sp³-hybridized carbons (Fsp3) is 0.467. The van der Waals surface area contributed by atoms with E-state index in [0.717, 1.165) is 37.7 Å². The largest absolute Gasteiger partial charge is 0.543 e. The summed E-state index contributed by atoms with van der Waals surface area (Å²) in [6.07, 6.45) is 3.69. The molecule has 0 unspecified atom stereocenters. The van der Waals surface area contributed by atoms with Crippen molar-refractivity contribution in [3.8, 4) is 0 Å². The molecule has 2 rings (SSSR count). The Labute approximate surface area is 122 Å². The Bertz CT molecular complexity index is 475. The molecule has 1 saturated carbocycles. The van der Waals surface area contributed by atoms with Crippen LogP contribution >= 0.6 is 0 Å². The molecule has 6 heteroatoms. The van der Waals surface area contributed by atoms with Crippen molar-refractivity contribution < 1.29 is 29.1 Å². The van der Waals surface area contributed by atoms with E-state index in [-0.39, 0.29) is 6.10 Å². The molecule has 0 atom stereocenters. The van der Waals surface area contributed by atoms with Crippen molar-refractivity contribution in [1.82, 2.24) is 0 Å². The van der Waals surface area contributed by atoms with E-state index >= 15 is 0 Å². The maximum atomic E-state index is 11.5. The number of ether oxygens (including phenoxy) is 1. The van der Waals surface area contributed by atoms with E-state index in [2.05, 4.69) is 14.8 Å². The fourth-order valence-electron chi connectivity index (χ4n) is 2.15. The number of carbonyl (C=O) groups is 2. The van der Waals surface area contributed by atoms with Gasteiger partial charge in [0.15, 0.2) is 0 Å². The van der Waals surface area contributed by atoms with Crippen LogP contribution in [0.2, 0.25) is 0 Å². The average molecular weight is 294 g/mol. The van der Waals surface area contributed by atoms with Crippen molar-refractivity contribution in [2.45, 2.75) is 45.1 Å². The molecule has 0 aromatic heterocycles. The zero-order valence-electron chi connectivity index (χ0n) is 11.9. The highest BCUT2D eigenvalue weighted by molar-refractivity contribution is 5.88. The lowest BCUT2D eigenvalue weighted by molar-refractivity contribution is -0.453. The Morgan fingerprint density at radius 3 is 2.33 bits per heavy atom. The molecule has 6 nitrogen and oxygen atoms in total. The maximum Gasteiger partial charge on any atom is 0.543 e. The van der Waals surface area contributed by atoms with Crippen LogP contribution in [0.4, 0.5) is 4.79 Å². The molecule has 1 aliphatic rings. The van der Waals surface area contributed by atoms with Crippen LogP contribution in [0.1, 0.15) is 48.0 Å². The average Bonchev–Trinajstić information content (AvgIpc) is 2.49. The van der Waals surface area contributed by atoms with Crippen LogP contribution < -0.4 is 0 Å². The summed E-state index contributed by atoms with van der Waals surface area (Å²) in [6.45, 7) is 1.90. The van der Waals surface area contributed by atoms with Crippen LogP contribution in [0.15, 0.2) is 24.3 Å². The molecule has 1 aromatic carbocycles. The van der Waals surface area contributed by atoms with Crippen LogP contribution in [0, 0.1) is 6.92 Å². The summed E-state index contributed by atoms with van der Waals surface area (Å²) in [5, 5.41) is 4.16. The van der Waals surface area contributed by atoms with Gasteiger partial charge in [-0.2, -0.15) is 0 Å². The smallest absolute Gasteiger partial charge is 0.429 e. The molecule has 0 saturated heterocycles. The van der Waals surface area contributed by atoms with Crippen LogP contribution in [0.25, 0.3) is 0 Å². The highest BCUT2D eigenvalue weighted by Crippen LogP contribution is 2.20. The molecule has 0 spiro atoms. The van der Waals surface area contributed by atoms with E-state index in [1.165, 1.54) is 0 Å². The Morgan fingerprint density at radius 2 is 1.67 bits per heavy atom. The first-order valence-corrected chi connectivity index (χ1v) is 6.98. The van der Waals surface area contributed by atoms with Crippen molar-refractivity contribution in [2.24, 2.45) is 0 Å². The molecule has 0 radical (unpaired) electrons. The molecule has 0 bridgehead atoms. The van der Waals surface area contributed by atoms with Crippen molar-refractivity contribution in [1.29, 1.82) is 0 Å². The van der Waals surface area contributed by atoms with Crippen molar-refractivity contribution in [2.75, 3.05) is 0 Å². The molecule has 0 aliphatic heterocycles. The van der Waals surface area contributed by atoms with Gasteiger partial charge in [0.25, 0.3) is 0 Å². The summed E-state index contributed by atoms with van der Waals surface area (Å²) in [5.74, 6) is -0.750. The normalized spacial score (nSPS) is 15.3. The minimum atomic E-state index is -1.00. The van der Waals surface area contributed by atoms with E-state index < -0.39 is 12.1 Å². The van der Waals surface area contributed by atoms with Gasteiger partial charge in [-0.05, 0) is 44.7 Å². The zero-order valence-corrected chi connectivity index (χ0v) is 11.9. The third-order valence-corrected chi connectivity index (χ3v) is 3.31. The molecule has 1 aliphatic carbocycles. The summed E-state index contributed by atoms with van der Waals surface area (Å²) in [4.78, 5) is 31.5. The Hall–Kier alpha value is -2.08. The minimum Gasteiger partial charge on any atom is -0.429 e. The molecule has 1 fully saturated rings. The lowest BCUT2D eigenvalue weighted by atomic mass is 9.98. The predicted octanol–water partition coefficient (Wildman–Crippen LogP) is 3.48. The van der Waals surface area contributed by atoms with Gasteiger partial charge in [0.1, 0.15) is 6.10 Å². The van der Waals surface area contributed by atoms with Crippen molar-refractivity contribution >= 4 is 12.1 Å². The second-order valence-electron chi connectivity index (χ2n) is 5.02. The van der Waals surface area contributed by atoms with Crippen molar-refractivity contribution in [3.63, 3.8) is 0 Å². The van der Waals surface area contributed by atoms with Gasteiger partial charge in [0.2, 0.25) is 0 Å². The lowest BCUT2D eigenvalue weighted by Crippen LogP contribution is -2.22. The third-order valence-electron chi connectivity index (χ3n) is 3.31. The summed E-state index contributed by atoms with van der Waals surface area (Å²) < 4.78 is 5.02. The highest BCUT2D eigenvalue weighted by Gasteiger charge is 2.20. The minimum absolute atomic E-state index is 0.150. The van der Waals surface area contributed by atoms with Crippen molar-refractivity contribution in [3.05, 3.63) is 35.4 Å². The Morgan fingerprint density at radius 1 is 1.00 bits per heavy atom. The molecule has 21 heavy (non-hydrogen) atoms. The van der Waals surface area contributed by atoms with Crippen LogP contribution in [-0.2, 0) is 19.6 Å². The number of hydrogen-bond donors (Lipinski definition) is 0. The van der Waals surface area contributed by atoms with Gasteiger partial charge in [0.05, 0.1) is 10.6 Å². The fourth-order valence-corrected chi connectivity index (χ4v) is 2.15. The number of carbonyl (C=O) groups excluding carboxylic acids is 2. The second kappa shape index (κ2) is 7.64. The summed E-state index contributed by atoms with van der Waals surface area (Å²) >= 11 is 0. The van der Waals surface area contributed by atoms with Gasteiger partial charge in [-0.15, -0.1) is 0 Å². The highest BCUT2D eigenvalue weighted by atomic mass is 17.5. The first-order chi connectivity index (χ1) is 10.1. The van der Waals surface area contributed by atoms with Gasteiger partial charge in [-0.1, -0.05) is 24.1 Å². The van der Waals surface area contributed by atoms with Gasteiger partial charge in [-0.3, -0.25) is 4.89 Å². The van der Waals surface area contributed by atoms with E-state index in [1.54, 1.807) is 24.3 Å².